The van der Waals surface area contributed by atoms with Crippen molar-refractivity contribution in [2.24, 2.45) is 10.7 Å². The number of allylic oxidation sites excluding steroid dienone is 1. The summed E-state index contributed by atoms with van der Waals surface area (Å²) >= 11 is 1.89. The first-order valence-electron chi connectivity index (χ1n) is 9.67. The molecule has 0 aliphatic carbocycles. The number of thioether (sulfide) groups is 1. The number of benzene rings is 1. The number of fused-ring (bicyclic) bond motifs is 1. The highest BCUT2D eigenvalue weighted by Crippen LogP contribution is 2.26. The minimum absolute atomic E-state index is 0.0480. The highest BCUT2D eigenvalue weighted by molar-refractivity contribution is 7.99. The van der Waals surface area contributed by atoms with Gasteiger partial charge in [-0.2, -0.15) is 11.8 Å². The van der Waals surface area contributed by atoms with Gasteiger partial charge in [-0.3, -0.25) is 14.7 Å². The maximum Gasteiger partial charge on any atom is 0.258 e. The lowest BCUT2D eigenvalue weighted by Crippen LogP contribution is -2.36. The molecule has 28 heavy (non-hydrogen) atoms. The van der Waals surface area contributed by atoms with E-state index in [0.717, 1.165) is 66.4 Å². The Morgan fingerprint density at radius 3 is 2.86 bits per heavy atom. The average molecular weight is 400 g/mol. The molecule has 1 aromatic heterocycles. The van der Waals surface area contributed by atoms with Crippen LogP contribution in [-0.2, 0) is 5.75 Å². The van der Waals surface area contributed by atoms with Crippen LogP contribution in [0.4, 0.5) is 0 Å². The van der Waals surface area contributed by atoms with E-state index in [1.807, 2.05) is 50.0 Å². The average Bonchev–Trinajstić information content (AvgIpc) is 2.68. The molecule has 6 nitrogen and oxygen atoms in total. The summed E-state index contributed by atoms with van der Waals surface area (Å²) in [5.74, 6) is 1.50. The van der Waals surface area contributed by atoms with E-state index in [1.54, 1.807) is 7.05 Å². The number of aromatic amines is 1. The fourth-order valence-electron chi connectivity index (χ4n) is 3.52. The molecule has 0 radical (unpaired) electrons. The van der Waals surface area contributed by atoms with Crippen LogP contribution in [0.15, 0.2) is 39.3 Å². The Labute approximate surface area is 170 Å². The van der Waals surface area contributed by atoms with Crippen LogP contribution in [0.1, 0.15) is 31.2 Å². The number of para-hydroxylation sites is 1. The largest absolute Gasteiger partial charge is 0.402 e. The molecule has 1 aliphatic rings. The van der Waals surface area contributed by atoms with Gasteiger partial charge in [0.15, 0.2) is 0 Å². The number of aryl methyl sites for hydroxylation is 1. The summed E-state index contributed by atoms with van der Waals surface area (Å²) < 4.78 is 0. The van der Waals surface area contributed by atoms with Gasteiger partial charge in [-0.1, -0.05) is 12.1 Å². The zero-order chi connectivity index (χ0) is 20.1. The van der Waals surface area contributed by atoms with E-state index in [9.17, 15) is 4.79 Å². The van der Waals surface area contributed by atoms with Crippen LogP contribution < -0.4 is 11.3 Å². The van der Waals surface area contributed by atoms with Crippen LogP contribution in [0.3, 0.4) is 0 Å². The molecule has 150 valence electrons. The van der Waals surface area contributed by atoms with Crippen LogP contribution in [0.25, 0.3) is 10.9 Å². The molecule has 0 spiro atoms. The van der Waals surface area contributed by atoms with E-state index in [2.05, 4.69) is 14.9 Å². The summed E-state index contributed by atoms with van der Waals surface area (Å²) in [5, 5.41) is 1.25. The normalized spacial score (nSPS) is 17.4. The number of nitrogens with one attached hydrogen (secondary N) is 1. The molecule has 0 amide bonds. The first-order chi connectivity index (χ1) is 13.5. The van der Waals surface area contributed by atoms with Gasteiger partial charge in [-0.05, 0) is 51.4 Å². The lowest BCUT2D eigenvalue weighted by Gasteiger charge is -2.32. The monoisotopic (exact) mass is 399 g/mol. The number of H-pyrrole nitrogens is 1. The summed E-state index contributed by atoms with van der Waals surface area (Å²) in [7, 11) is 1.78. The van der Waals surface area contributed by atoms with Crippen molar-refractivity contribution < 1.29 is 0 Å². The minimum Gasteiger partial charge on any atom is -0.402 e. The molecular weight excluding hydrogens is 370 g/mol. The molecule has 3 rings (SSSR count). The molecule has 0 saturated carbocycles. The number of hydrogen-bond donors (Lipinski definition) is 2. The number of piperidine rings is 1. The van der Waals surface area contributed by atoms with Crippen LogP contribution in [0.2, 0.25) is 0 Å². The molecule has 2 heterocycles. The Morgan fingerprint density at radius 2 is 2.18 bits per heavy atom. The molecule has 0 unspecified atom stereocenters. The van der Waals surface area contributed by atoms with Gasteiger partial charge in [0.05, 0.1) is 16.7 Å². The molecule has 1 saturated heterocycles. The zero-order valence-electron chi connectivity index (χ0n) is 16.9. The fraction of sp³-hybridized carbons (Fsp3) is 0.476. The zero-order valence-corrected chi connectivity index (χ0v) is 17.7. The number of hydrogen-bond acceptors (Lipinski definition) is 6. The topological polar surface area (TPSA) is 87.4 Å². The van der Waals surface area contributed by atoms with Crippen LogP contribution in [0.5, 0.6) is 0 Å². The second kappa shape index (κ2) is 9.39. The third-order valence-electron chi connectivity index (χ3n) is 5.16. The van der Waals surface area contributed by atoms with Crippen molar-refractivity contribution in [2.45, 2.75) is 37.7 Å². The van der Waals surface area contributed by atoms with Crippen LogP contribution >= 0.6 is 11.8 Å². The first kappa shape index (κ1) is 20.6. The van der Waals surface area contributed by atoms with E-state index < -0.39 is 0 Å². The van der Waals surface area contributed by atoms with Gasteiger partial charge >= 0.3 is 0 Å². The maximum absolute atomic E-state index is 12.3. The summed E-state index contributed by atoms with van der Waals surface area (Å²) in [6.45, 7) is 6.88. The standard InChI is InChI=1S/C21H29N5OS/c1-14-5-4-6-18-20(14)24-19(25-21(18)27)13-28-17-7-9-26(10-8-17)12-16(11-23-3)15(2)22/h4-6,11,17H,7-10,12-13,22H2,1-3H3,(H,24,25,27). The molecule has 7 heteroatoms. The van der Waals surface area contributed by atoms with Crippen molar-refractivity contribution in [3.8, 4) is 0 Å². The molecule has 1 aromatic carbocycles. The summed E-state index contributed by atoms with van der Waals surface area (Å²) in [5.41, 5.74) is 9.70. The number of aromatic nitrogens is 2. The predicted octanol–water partition coefficient (Wildman–Crippen LogP) is 2.86. The summed E-state index contributed by atoms with van der Waals surface area (Å²) in [4.78, 5) is 26.5. The van der Waals surface area contributed by atoms with Crippen molar-refractivity contribution >= 4 is 28.9 Å². The van der Waals surface area contributed by atoms with Gasteiger partial charge < -0.3 is 10.7 Å². The molecule has 3 N–H and O–H groups in total. The highest BCUT2D eigenvalue weighted by atomic mass is 32.2. The van der Waals surface area contributed by atoms with E-state index in [-0.39, 0.29) is 5.56 Å². The Kier molecular flexibility index (Phi) is 6.91. The summed E-state index contributed by atoms with van der Waals surface area (Å²) in [6, 6.07) is 5.72. The van der Waals surface area contributed by atoms with E-state index in [4.69, 9.17) is 10.7 Å². The van der Waals surface area contributed by atoms with Crippen molar-refractivity contribution in [1.29, 1.82) is 0 Å². The Morgan fingerprint density at radius 1 is 1.43 bits per heavy atom. The first-order valence-corrected chi connectivity index (χ1v) is 10.7. The van der Waals surface area contributed by atoms with Crippen molar-refractivity contribution in [3.05, 3.63) is 51.2 Å². The molecule has 0 bridgehead atoms. The number of nitrogens with two attached hydrogens (primary N) is 1. The Bertz CT molecular complexity index is 937. The van der Waals surface area contributed by atoms with E-state index in [1.165, 1.54) is 0 Å². The second-order valence-corrected chi connectivity index (χ2v) is 8.65. The van der Waals surface area contributed by atoms with Gasteiger partial charge in [0, 0.05) is 36.3 Å². The Balaban J connectivity index is 1.56. The van der Waals surface area contributed by atoms with Gasteiger partial charge in [0.1, 0.15) is 5.82 Å². The predicted molar refractivity (Wildman–Crippen MR) is 119 cm³/mol. The van der Waals surface area contributed by atoms with Gasteiger partial charge in [-0.15, -0.1) is 0 Å². The third kappa shape index (κ3) is 5.02. The molecule has 2 aromatic rings. The third-order valence-corrected chi connectivity index (χ3v) is 6.55. The number of rotatable bonds is 6. The fourth-order valence-corrected chi connectivity index (χ4v) is 4.59. The van der Waals surface area contributed by atoms with E-state index >= 15 is 0 Å². The number of nitrogens with zero attached hydrogens (tertiary/aromatic N) is 3. The SMILES string of the molecule is CN=CC(CN1CCC(SCc2nc3c(C)cccc3c(=O)[nH]2)CC1)=C(C)N. The van der Waals surface area contributed by atoms with Crippen molar-refractivity contribution in [2.75, 3.05) is 26.7 Å². The van der Waals surface area contributed by atoms with Gasteiger partial charge in [0.2, 0.25) is 0 Å². The van der Waals surface area contributed by atoms with Crippen LogP contribution in [0, 0.1) is 6.92 Å². The number of aliphatic imine (C=N–C) groups is 1. The molecule has 1 aliphatic heterocycles. The van der Waals surface area contributed by atoms with Crippen molar-refractivity contribution in [1.82, 2.24) is 14.9 Å². The van der Waals surface area contributed by atoms with Crippen LogP contribution in [-0.4, -0.2) is 53.0 Å². The lowest BCUT2D eigenvalue weighted by molar-refractivity contribution is 0.253. The van der Waals surface area contributed by atoms with Crippen molar-refractivity contribution in [3.63, 3.8) is 0 Å². The second-order valence-electron chi connectivity index (χ2n) is 7.37. The van der Waals surface area contributed by atoms with Gasteiger partial charge in [-0.25, -0.2) is 4.98 Å². The smallest absolute Gasteiger partial charge is 0.258 e. The lowest BCUT2D eigenvalue weighted by atomic mass is 10.1. The number of likely N-dealkylation sites (tertiary alicyclic amines) is 1. The molecule has 1 fully saturated rings. The Hall–Kier alpha value is -2.12. The van der Waals surface area contributed by atoms with Gasteiger partial charge in [0.25, 0.3) is 5.56 Å². The summed E-state index contributed by atoms with van der Waals surface area (Å²) in [6.07, 6.45) is 4.11. The quantitative estimate of drug-likeness (QED) is 0.730. The molecule has 0 atom stereocenters. The highest BCUT2D eigenvalue weighted by Gasteiger charge is 2.20. The van der Waals surface area contributed by atoms with E-state index in [0.29, 0.717) is 10.6 Å². The molecular formula is C21H29N5OS. The maximum atomic E-state index is 12.3. The minimum atomic E-state index is -0.0480.